The molecule has 0 radical (unpaired) electrons. The van der Waals surface area contributed by atoms with Gasteiger partial charge in [0.2, 0.25) is 0 Å². The third-order valence-corrected chi connectivity index (χ3v) is 4.24. The van der Waals surface area contributed by atoms with E-state index in [1.54, 1.807) is 0 Å². The molecule has 0 aromatic rings. The number of carbonyl (C=O) groups is 1. The molecule has 1 heterocycles. The zero-order chi connectivity index (χ0) is 9.31. The highest BCUT2D eigenvalue weighted by Crippen LogP contribution is 2.47. The van der Waals surface area contributed by atoms with Crippen LogP contribution in [0.2, 0.25) is 0 Å². The topological polar surface area (TPSA) is 26.3 Å². The van der Waals surface area contributed by atoms with Crippen LogP contribution in [-0.4, -0.2) is 16.5 Å². The van der Waals surface area contributed by atoms with E-state index in [9.17, 15) is 4.79 Å². The van der Waals surface area contributed by atoms with Gasteiger partial charge in [0.05, 0.1) is 6.42 Å². The Balaban J connectivity index is 2.13. The molecule has 2 rings (SSSR count). The number of alkyl halides is 1. The van der Waals surface area contributed by atoms with Crippen molar-refractivity contribution in [2.75, 3.05) is 4.43 Å². The minimum atomic E-state index is 0.0311. The lowest BCUT2D eigenvalue weighted by Gasteiger charge is -2.35. The van der Waals surface area contributed by atoms with Crippen molar-refractivity contribution in [1.29, 1.82) is 0 Å². The van der Waals surface area contributed by atoms with Crippen LogP contribution in [0.3, 0.4) is 0 Å². The quantitative estimate of drug-likeness (QED) is 0.422. The van der Waals surface area contributed by atoms with Crippen LogP contribution in [0.25, 0.3) is 0 Å². The van der Waals surface area contributed by atoms with Crippen LogP contribution in [0.4, 0.5) is 0 Å². The van der Waals surface area contributed by atoms with E-state index in [-0.39, 0.29) is 17.5 Å². The van der Waals surface area contributed by atoms with Crippen molar-refractivity contribution in [1.82, 2.24) is 0 Å². The maximum atomic E-state index is 11.3. The highest BCUT2D eigenvalue weighted by molar-refractivity contribution is 14.1. The summed E-state index contributed by atoms with van der Waals surface area (Å²) in [5, 5.41) is 0. The van der Waals surface area contributed by atoms with Crippen molar-refractivity contribution in [3.8, 4) is 0 Å². The predicted molar refractivity (Wildman–Crippen MR) is 58.9 cm³/mol. The molecule has 74 valence electrons. The van der Waals surface area contributed by atoms with E-state index in [4.69, 9.17) is 4.74 Å². The number of hydrogen-bond donors (Lipinski definition) is 0. The van der Waals surface area contributed by atoms with Crippen LogP contribution in [0.5, 0.6) is 0 Å². The number of cyclic esters (lactones) is 1. The van der Waals surface area contributed by atoms with E-state index < -0.39 is 0 Å². The monoisotopic (exact) mass is 294 g/mol. The summed E-state index contributed by atoms with van der Waals surface area (Å²) in [6.07, 6.45) is 7.19. The minimum absolute atomic E-state index is 0.0311. The summed E-state index contributed by atoms with van der Waals surface area (Å²) in [5.74, 6) is 0.0311. The van der Waals surface area contributed by atoms with Crippen molar-refractivity contribution >= 4 is 28.6 Å². The fraction of sp³-hybridized carbons (Fsp3) is 0.900. The van der Waals surface area contributed by atoms with Crippen LogP contribution in [-0.2, 0) is 9.53 Å². The lowest BCUT2D eigenvalue weighted by molar-refractivity contribution is -0.140. The smallest absolute Gasteiger partial charge is 0.306 e. The van der Waals surface area contributed by atoms with Crippen LogP contribution in [0.1, 0.15) is 38.5 Å². The highest BCUT2D eigenvalue weighted by atomic mass is 127. The number of halogens is 1. The molecule has 2 fully saturated rings. The molecule has 0 bridgehead atoms. The average Bonchev–Trinajstić information content (AvgIpc) is 2.43. The van der Waals surface area contributed by atoms with Crippen LogP contribution in [0, 0.1) is 5.41 Å². The lowest BCUT2D eigenvalue weighted by Crippen LogP contribution is -2.34. The van der Waals surface area contributed by atoms with E-state index in [0.717, 1.165) is 4.43 Å². The summed E-state index contributed by atoms with van der Waals surface area (Å²) in [7, 11) is 0. The Morgan fingerprint density at radius 2 is 2.08 bits per heavy atom. The van der Waals surface area contributed by atoms with Crippen molar-refractivity contribution < 1.29 is 9.53 Å². The minimum Gasteiger partial charge on any atom is -0.461 e. The zero-order valence-electron chi connectivity index (χ0n) is 7.72. The van der Waals surface area contributed by atoms with Gasteiger partial charge in [-0.1, -0.05) is 41.9 Å². The summed E-state index contributed by atoms with van der Waals surface area (Å²) >= 11 is 2.33. The number of esters is 1. The van der Waals surface area contributed by atoms with Gasteiger partial charge in [0, 0.05) is 9.84 Å². The average molecular weight is 294 g/mol. The molecule has 1 spiro atoms. The molecule has 0 aromatic carbocycles. The molecule has 1 aliphatic heterocycles. The van der Waals surface area contributed by atoms with Gasteiger partial charge in [-0.15, -0.1) is 0 Å². The molecule has 0 amide bonds. The predicted octanol–water partition coefficient (Wildman–Crippen LogP) is 2.69. The normalized spacial score (nSPS) is 32.1. The molecule has 3 heteroatoms. The Bertz CT molecular complexity index is 209. The molecular weight excluding hydrogens is 279 g/mol. The second-order valence-corrected chi connectivity index (χ2v) is 5.11. The number of ether oxygens (including phenoxy) is 1. The largest absolute Gasteiger partial charge is 0.461 e. The molecule has 1 aliphatic carbocycles. The van der Waals surface area contributed by atoms with Gasteiger partial charge in [0.1, 0.15) is 6.10 Å². The van der Waals surface area contributed by atoms with Crippen molar-refractivity contribution in [2.24, 2.45) is 5.41 Å². The highest BCUT2D eigenvalue weighted by Gasteiger charge is 2.48. The Morgan fingerprint density at radius 1 is 1.38 bits per heavy atom. The Kier molecular flexibility index (Phi) is 2.81. The Hall–Kier alpha value is 0.200. The van der Waals surface area contributed by atoms with E-state index >= 15 is 0 Å². The fourth-order valence-corrected chi connectivity index (χ4v) is 3.79. The summed E-state index contributed by atoms with van der Waals surface area (Å²) in [5.41, 5.74) is 0.233. The van der Waals surface area contributed by atoms with Crippen molar-refractivity contribution in [3.05, 3.63) is 0 Å². The molecule has 0 aromatic heterocycles. The summed E-state index contributed by atoms with van der Waals surface area (Å²) < 4.78 is 6.32. The standard InChI is InChI=1S/C10H15IO2/c11-7-8-10(6-9(12)13-8)4-2-1-3-5-10/h8H,1-7H2. The van der Waals surface area contributed by atoms with Crippen molar-refractivity contribution in [3.63, 3.8) is 0 Å². The maximum absolute atomic E-state index is 11.3. The van der Waals surface area contributed by atoms with Crippen LogP contribution >= 0.6 is 22.6 Å². The van der Waals surface area contributed by atoms with Crippen LogP contribution in [0.15, 0.2) is 0 Å². The first-order chi connectivity index (χ1) is 6.27. The molecule has 1 saturated carbocycles. The Morgan fingerprint density at radius 3 is 2.69 bits per heavy atom. The summed E-state index contributed by atoms with van der Waals surface area (Å²) in [4.78, 5) is 11.3. The molecule has 0 N–H and O–H groups in total. The number of rotatable bonds is 1. The van der Waals surface area contributed by atoms with Gasteiger partial charge in [-0.05, 0) is 12.8 Å². The first-order valence-corrected chi connectivity index (χ1v) is 6.55. The second-order valence-electron chi connectivity index (χ2n) is 4.23. The third-order valence-electron chi connectivity index (χ3n) is 3.44. The first kappa shape index (κ1) is 9.74. The molecule has 13 heavy (non-hydrogen) atoms. The SMILES string of the molecule is O=C1CC2(CCCCC2)C(CI)O1. The van der Waals surface area contributed by atoms with Gasteiger partial charge in [-0.3, -0.25) is 4.79 Å². The van der Waals surface area contributed by atoms with Gasteiger partial charge in [-0.2, -0.15) is 0 Å². The van der Waals surface area contributed by atoms with Crippen LogP contribution < -0.4 is 0 Å². The van der Waals surface area contributed by atoms with Crippen molar-refractivity contribution in [2.45, 2.75) is 44.6 Å². The Labute approximate surface area is 92.5 Å². The van der Waals surface area contributed by atoms with E-state index in [0.29, 0.717) is 6.42 Å². The van der Waals surface area contributed by atoms with Gasteiger partial charge < -0.3 is 4.74 Å². The summed E-state index contributed by atoms with van der Waals surface area (Å²) in [6.45, 7) is 0. The first-order valence-electron chi connectivity index (χ1n) is 5.02. The van der Waals surface area contributed by atoms with E-state index in [1.807, 2.05) is 0 Å². The number of carbonyl (C=O) groups excluding carboxylic acids is 1. The molecule has 1 atom stereocenters. The fourth-order valence-electron chi connectivity index (χ4n) is 2.68. The van der Waals surface area contributed by atoms with E-state index in [1.165, 1.54) is 32.1 Å². The number of hydrogen-bond acceptors (Lipinski definition) is 2. The molecule has 2 nitrogen and oxygen atoms in total. The molecule has 1 unspecified atom stereocenters. The third kappa shape index (κ3) is 1.72. The zero-order valence-corrected chi connectivity index (χ0v) is 9.88. The van der Waals surface area contributed by atoms with Gasteiger partial charge in [0.15, 0.2) is 0 Å². The van der Waals surface area contributed by atoms with Gasteiger partial charge in [-0.25, -0.2) is 0 Å². The lowest BCUT2D eigenvalue weighted by atomic mass is 9.70. The van der Waals surface area contributed by atoms with Gasteiger partial charge in [0.25, 0.3) is 0 Å². The van der Waals surface area contributed by atoms with E-state index in [2.05, 4.69) is 22.6 Å². The molecular formula is C10H15IO2. The molecule has 2 aliphatic rings. The van der Waals surface area contributed by atoms with Gasteiger partial charge >= 0.3 is 5.97 Å². The second kappa shape index (κ2) is 3.75. The molecule has 1 saturated heterocycles. The summed E-state index contributed by atoms with van der Waals surface area (Å²) in [6, 6.07) is 0. The maximum Gasteiger partial charge on any atom is 0.306 e.